The van der Waals surface area contributed by atoms with E-state index in [-0.39, 0.29) is 9.92 Å². The van der Waals surface area contributed by atoms with Crippen LogP contribution in [0.1, 0.15) is 16.1 Å². The molecule has 0 amide bonds. The second-order valence-electron chi connectivity index (χ2n) is 5.86. The standard InChI is InChI=1S/C17H15N5O2S/c23-22(24)16-4-3-14(25-16)11-21-7-5-15-13(10-21)9-19-17(20-15)12-2-1-6-18-8-12/h1-4,6,8-9H,5,7,10-11H2. The molecule has 0 fully saturated rings. The molecule has 0 atom stereocenters. The molecule has 0 saturated heterocycles. The molecule has 0 spiro atoms. The number of hydrogen-bond donors (Lipinski definition) is 0. The van der Waals surface area contributed by atoms with Crippen LogP contribution in [-0.4, -0.2) is 31.3 Å². The van der Waals surface area contributed by atoms with Crippen LogP contribution in [0.25, 0.3) is 11.4 Å². The van der Waals surface area contributed by atoms with Crippen molar-refractivity contribution in [3.05, 3.63) is 69.1 Å². The van der Waals surface area contributed by atoms with E-state index in [1.807, 2.05) is 24.4 Å². The number of thiophene rings is 1. The van der Waals surface area contributed by atoms with Crippen LogP contribution in [0.2, 0.25) is 0 Å². The van der Waals surface area contributed by atoms with Gasteiger partial charge >= 0.3 is 5.00 Å². The molecule has 3 aromatic rings. The third-order valence-corrected chi connectivity index (χ3v) is 5.16. The Balaban J connectivity index is 1.49. The van der Waals surface area contributed by atoms with Gasteiger partial charge in [-0.3, -0.25) is 20.0 Å². The number of aromatic nitrogens is 3. The first-order valence-corrected chi connectivity index (χ1v) is 8.71. The molecule has 0 N–H and O–H groups in total. The van der Waals surface area contributed by atoms with Crippen molar-refractivity contribution >= 4 is 16.3 Å². The minimum Gasteiger partial charge on any atom is -0.293 e. The lowest BCUT2D eigenvalue weighted by Crippen LogP contribution is -2.30. The van der Waals surface area contributed by atoms with Crippen LogP contribution in [0.5, 0.6) is 0 Å². The van der Waals surface area contributed by atoms with E-state index in [0.717, 1.165) is 41.2 Å². The maximum absolute atomic E-state index is 10.8. The van der Waals surface area contributed by atoms with Gasteiger partial charge in [-0.05, 0) is 18.2 Å². The van der Waals surface area contributed by atoms with E-state index >= 15 is 0 Å². The van der Waals surface area contributed by atoms with Gasteiger partial charge in [0.15, 0.2) is 5.82 Å². The zero-order valence-corrected chi connectivity index (χ0v) is 14.1. The smallest absolute Gasteiger partial charge is 0.293 e. The fourth-order valence-electron chi connectivity index (χ4n) is 2.91. The maximum Gasteiger partial charge on any atom is 0.324 e. The van der Waals surface area contributed by atoms with E-state index in [0.29, 0.717) is 12.4 Å². The van der Waals surface area contributed by atoms with Crippen molar-refractivity contribution in [3.63, 3.8) is 0 Å². The zero-order chi connectivity index (χ0) is 17.2. The van der Waals surface area contributed by atoms with Crippen molar-refractivity contribution in [2.45, 2.75) is 19.5 Å². The van der Waals surface area contributed by atoms with Crippen LogP contribution >= 0.6 is 11.3 Å². The van der Waals surface area contributed by atoms with Gasteiger partial charge in [0.2, 0.25) is 0 Å². The highest BCUT2D eigenvalue weighted by molar-refractivity contribution is 7.15. The summed E-state index contributed by atoms with van der Waals surface area (Å²) in [4.78, 5) is 27.0. The first kappa shape index (κ1) is 15.8. The summed E-state index contributed by atoms with van der Waals surface area (Å²) in [7, 11) is 0. The van der Waals surface area contributed by atoms with Crippen LogP contribution in [0.3, 0.4) is 0 Å². The summed E-state index contributed by atoms with van der Waals surface area (Å²) < 4.78 is 0. The van der Waals surface area contributed by atoms with E-state index in [1.54, 1.807) is 18.5 Å². The third-order valence-electron chi connectivity index (χ3n) is 4.14. The molecule has 126 valence electrons. The van der Waals surface area contributed by atoms with Crippen LogP contribution in [-0.2, 0) is 19.5 Å². The Morgan fingerprint density at radius 3 is 2.96 bits per heavy atom. The number of pyridine rings is 1. The van der Waals surface area contributed by atoms with Gasteiger partial charge in [-0.1, -0.05) is 11.3 Å². The Morgan fingerprint density at radius 1 is 1.28 bits per heavy atom. The molecular weight excluding hydrogens is 338 g/mol. The fraction of sp³-hybridized carbons (Fsp3) is 0.235. The van der Waals surface area contributed by atoms with Crippen LogP contribution in [0, 0.1) is 10.1 Å². The van der Waals surface area contributed by atoms with E-state index in [2.05, 4.69) is 19.9 Å². The lowest BCUT2D eigenvalue weighted by Gasteiger charge is -2.27. The van der Waals surface area contributed by atoms with Crippen molar-refractivity contribution in [2.24, 2.45) is 0 Å². The number of rotatable bonds is 4. The summed E-state index contributed by atoms with van der Waals surface area (Å²) in [6.45, 7) is 2.35. The van der Waals surface area contributed by atoms with Gasteiger partial charge in [-0.2, -0.15) is 0 Å². The highest BCUT2D eigenvalue weighted by Gasteiger charge is 2.20. The third kappa shape index (κ3) is 3.40. The van der Waals surface area contributed by atoms with E-state index in [4.69, 9.17) is 0 Å². The molecule has 0 aliphatic carbocycles. The predicted molar refractivity (Wildman–Crippen MR) is 94.1 cm³/mol. The Labute approximate surface area is 148 Å². The molecule has 1 aliphatic heterocycles. The summed E-state index contributed by atoms with van der Waals surface area (Å²) in [6, 6.07) is 7.23. The highest BCUT2D eigenvalue weighted by Crippen LogP contribution is 2.27. The second kappa shape index (κ2) is 6.66. The molecule has 4 heterocycles. The molecule has 3 aromatic heterocycles. The van der Waals surface area contributed by atoms with Gasteiger partial charge in [-0.15, -0.1) is 0 Å². The molecule has 7 nitrogen and oxygen atoms in total. The predicted octanol–water partition coefficient (Wildman–Crippen LogP) is 3.07. The van der Waals surface area contributed by atoms with Crippen molar-refractivity contribution < 1.29 is 4.92 Å². The molecule has 0 saturated carbocycles. The van der Waals surface area contributed by atoms with E-state index < -0.39 is 0 Å². The molecule has 0 aromatic carbocycles. The fourth-order valence-corrected chi connectivity index (χ4v) is 3.78. The van der Waals surface area contributed by atoms with Crippen LogP contribution in [0.15, 0.2) is 42.9 Å². The Kier molecular flexibility index (Phi) is 4.21. The quantitative estimate of drug-likeness (QED) is 0.529. The SMILES string of the molecule is O=[N+]([O-])c1ccc(CN2CCc3nc(-c4cccnc4)ncc3C2)s1. The molecule has 4 rings (SSSR count). The number of nitrogens with zero attached hydrogens (tertiary/aromatic N) is 5. The maximum atomic E-state index is 10.8. The first-order chi connectivity index (χ1) is 12.2. The van der Waals surface area contributed by atoms with Gasteiger partial charge in [0.25, 0.3) is 0 Å². The van der Waals surface area contributed by atoms with Crippen LogP contribution in [0.4, 0.5) is 5.00 Å². The number of nitro groups is 1. The number of hydrogen-bond acceptors (Lipinski definition) is 7. The zero-order valence-electron chi connectivity index (χ0n) is 13.3. The average molecular weight is 353 g/mol. The summed E-state index contributed by atoms with van der Waals surface area (Å²) in [5, 5.41) is 11.0. The largest absolute Gasteiger partial charge is 0.324 e. The Bertz CT molecular complexity index is 912. The molecule has 0 bridgehead atoms. The normalized spacial score (nSPS) is 14.2. The summed E-state index contributed by atoms with van der Waals surface area (Å²) in [5.74, 6) is 0.703. The summed E-state index contributed by atoms with van der Waals surface area (Å²) in [5.41, 5.74) is 3.10. The molecular formula is C17H15N5O2S. The molecule has 8 heteroatoms. The van der Waals surface area contributed by atoms with Crippen molar-refractivity contribution in [1.82, 2.24) is 19.9 Å². The minimum atomic E-state index is -0.340. The van der Waals surface area contributed by atoms with Crippen molar-refractivity contribution in [2.75, 3.05) is 6.54 Å². The highest BCUT2D eigenvalue weighted by atomic mass is 32.1. The van der Waals surface area contributed by atoms with Crippen molar-refractivity contribution in [1.29, 1.82) is 0 Å². The van der Waals surface area contributed by atoms with Gasteiger partial charge in [0.05, 0.1) is 10.6 Å². The number of fused-ring (bicyclic) bond motifs is 1. The summed E-state index contributed by atoms with van der Waals surface area (Å²) >= 11 is 1.24. The van der Waals surface area contributed by atoms with Gasteiger partial charge < -0.3 is 0 Å². The Morgan fingerprint density at radius 2 is 2.20 bits per heavy atom. The summed E-state index contributed by atoms with van der Waals surface area (Å²) in [6.07, 6.45) is 6.22. The van der Waals surface area contributed by atoms with Gasteiger partial charge in [0, 0.05) is 66.7 Å². The Hall–Kier alpha value is -2.71. The van der Waals surface area contributed by atoms with Crippen LogP contribution < -0.4 is 0 Å². The van der Waals surface area contributed by atoms with E-state index in [1.165, 1.54) is 11.3 Å². The minimum absolute atomic E-state index is 0.192. The molecule has 25 heavy (non-hydrogen) atoms. The van der Waals surface area contributed by atoms with E-state index in [9.17, 15) is 10.1 Å². The van der Waals surface area contributed by atoms with Gasteiger partial charge in [-0.25, -0.2) is 9.97 Å². The monoisotopic (exact) mass is 353 g/mol. The second-order valence-corrected chi connectivity index (χ2v) is 7.01. The van der Waals surface area contributed by atoms with Crippen molar-refractivity contribution in [3.8, 4) is 11.4 Å². The van der Waals surface area contributed by atoms with Gasteiger partial charge in [0.1, 0.15) is 0 Å². The molecule has 0 radical (unpaired) electrons. The first-order valence-electron chi connectivity index (χ1n) is 7.90. The molecule has 0 unspecified atom stereocenters. The average Bonchev–Trinajstić information content (AvgIpc) is 3.11. The molecule has 1 aliphatic rings. The lowest BCUT2D eigenvalue weighted by molar-refractivity contribution is -0.380. The lowest BCUT2D eigenvalue weighted by atomic mass is 10.1. The topological polar surface area (TPSA) is 85.0 Å².